The first kappa shape index (κ1) is 19.1. The van der Waals surface area contributed by atoms with Gasteiger partial charge in [0.15, 0.2) is 0 Å². The van der Waals surface area contributed by atoms with Crippen molar-refractivity contribution in [2.45, 2.75) is 45.2 Å². The molecule has 0 radical (unpaired) electrons. The summed E-state index contributed by atoms with van der Waals surface area (Å²) in [6.07, 6.45) is 13.3. The van der Waals surface area contributed by atoms with E-state index in [9.17, 15) is 9.59 Å². The molecule has 144 valence electrons. The summed E-state index contributed by atoms with van der Waals surface area (Å²) in [5.41, 5.74) is 1.04. The smallest absolute Gasteiger partial charge is 0.242 e. The predicted octanol–water partition coefficient (Wildman–Crippen LogP) is 2.10. The Kier molecular flexibility index (Phi) is 6.96. The first-order chi connectivity index (χ1) is 13.2. The van der Waals surface area contributed by atoms with Crippen LogP contribution < -0.4 is 0 Å². The minimum Gasteiger partial charge on any atom is -0.337 e. The summed E-state index contributed by atoms with van der Waals surface area (Å²) in [6.45, 7) is 2.84. The number of aromatic nitrogens is 3. The minimum absolute atomic E-state index is 0.00712. The van der Waals surface area contributed by atoms with E-state index in [4.69, 9.17) is 0 Å². The van der Waals surface area contributed by atoms with Gasteiger partial charge in [0.25, 0.3) is 0 Å². The maximum Gasteiger partial charge on any atom is 0.242 e. The zero-order valence-electron chi connectivity index (χ0n) is 15.7. The van der Waals surface area contributed by atoms with E-state index in [0.29, 0.717) is 26.1 Å². The van der Waals surface area contributed by atoms with Gasteiger partial charge in [-0.3, -0.25) is 14.6 Å². The Bertz CT molecular complexity index is 717. The summed E-state index contributed by atoms with van der Waals surface area (Å²) in [4.78, 5) is 36.9. The molecule has 3 heterocycles. The number of rotatable bonds is 8. The van der Waals surface area contributed by atoms with Gasteiger partial charge >= 0.3 is 0 Å². The molecule has 0 saturated carbocycles. The summed E-state index contributed by atoms with van der Waals surface area (Å²) in [5.74, 6) is 0.107. The third-order valence-corrected chi connectivity index (χ3v) is 4.88. The molecule has 0 aromatic carbocycles. The maximum atomic E-state index is 13.0. The predicted molar refractivity (Wildman–Crippen MR) is 102 cm³/mol. The van der Waals surface area contributed by atoms with Crippen LogP contribution >= 0.6 is 0 Å². The molecule has 1 aliphatic rings. The zero-order valence-corrected chi connectivity index (χ0v) is 15.7. The average molecular weight is 369 g/mol. The second-order valence-electron chi connectivity index (χ2n) is 6.95. The van der Waals surface area contributed by atoms with E-state index in [0.717, 1.165) is 37.8 Å². The molecule has 1 fully saturated rings. The van der Waals surface area contributed by atoms with Crippen LogP contribution in [0, 0.1) is 0 Å². The summed E-state index contributed by atoms with van der Waals surface area (Å²) in [6, 6.07) is 3.85. The summed E-state index contributed by atoms with van der Waals surface area (Å²) in [5, 5.41) is 0. The number of pyridine rings is 1. The molecule has 1 aliphatic heterocycles. The molecule has 0 unspecified atom stereocenters. The molecular weight excluding hydrogens is 342 g/mol. The van der Waals surface area contributed by atoms with Crippen LogP contribution in [-0.2, 0) is 22.7 Å². The third-order valence-electron chi connectivity index (χ3n) is 4.88. The highest BCUT2D eigenvalue weighted by molar-refractivity contribution is 5.85. The SMILES string of the molecule is O=C1CCCCCN1CC(=O)N(CCCn1ccnc1)Cc1ccncc1. The molecule has 7 heteroatoms. The standard InChI is InChI=1S/C20H27N5O2/c26-19-5-2-1-3-12-25(19)16-20(27)24(15-18-6-8-21-9-7-18)13-4-11-23-14-10-22-17-23/h6-10,14,17H,1-5,11-13,15-16H2. The molecule has 0 bridgehead atoms. The fraction of sp³-hybridized carbons (Fsp3) is 0.500. The Balaban J connectivity index is 1.61. The van der Waals surface area contributed by atoms with Crippen LogP contribution in [0.15, 0.2) is 43.2 Å². The molecule has 3 rings (SSSR count). The summed E-state index contributed by atoms with van der Waals surface area (Å²) >= 11 is 0. The van der Waals surface area contributed by atoms with Crippen molar-refractivity contribution in [2.24, 2.45) is 0 Å². The first-order valence-electron chi connectivity index (χ1n) is 9.62. The zero-order chi connectivity index (χ0) is 18.9. The van der Waals surface area contributed by atoms with Crippen LogP contribution in [0.2, 0.25) is 0 Å². The van der Waals surface area contributed by atoms with Crippen LogP contribution in [0.3, 0.4) is 0 Å². The fourth-order valence-corrected chi connectivity index (χ4v) is 3.33. The number of nitrogens with zero attached hydrogens (tertiary/aromatic N) is 5. The van der Waals surface area contributed by atoms with Crippen molar-refractivity contribution >= 4 is 11.8 Å². The van der Waals surface area contributed by atoms with Crippen molar-refractivity contribution in [2.75, 3.05) is 19.6 Å². The lowest BCUT2D eigenvalue weighted by Gasteiger charge is -2.27. The molecule has 27 heavy (non-hydrogen) atoms. The Morgan fingerprint density at radius 3 is 2.74 bits per heavy atom. The fourth-order valence-electron chi connectivity index (χ4n) is 3.33. The van der Waals surface area contributed by atoms with Crippen LogP contribution in [0.25, 0.3) is 0 Å². The van der Waals surface area contributed by atoms with Gasteiger partial charge in [0.05, 0.1) is 12.9 Å². The number of carbonyl (C=O) groups is 2. The number of carbonyl (C=O) groups excluding carboxylic acids is 2. The van der Waals surface area contributed by atoms with E-state index in [1.54, 1.807) is 29.8 Å². The van der Waals surface area contributed by atoms with Gasteiger partial charge in [0, 0.05) is 57.4 Å². The largest absolute Gasteiger partial charge is 0.337 e. The van der Waals surface area contributed by atoms with Gasteiger partial charge in [-0.25, -0.2) is 4.98 Å². The van der Waals surface area contributed by atoms with E-state index >= 15 is 0 Å². The molecule has 1 saturated heterocycles. The number of amides is 2. The van der Waals surface area contributed by atoms with Crippen LogP contribution in [0.5, 0.6) is 0 Å². The van der Waals surface area contributed by atoms with E-state index < -0.39 is 0 Å². The summed E-state index contributed by atoms with van der Waals surface area (Å²) in [7, 11) is 0. The highest BCUT2D eigenvalue weighted by Gasteiger charge is 2.22. The lowest BCUT2D eigenvalue weighted by molar-refractivity contribution is -0.140. The molecule has 0 N–H and O–H groups in total. The number of hydrogen-bond acceptors (Lipinski definition) is 4. The average Bonchev–Trinajstić information content (AvgIpc) is 3.12. The lowest BCUT2D eigenvalue weighted by atomic mass is 10.2. The Morgan fingerprint density at radius 2 is 1.96 bits per heavy atom. The quantitative estimate of drug-likeness (QED) is 0.714. The second kappa shape index (κ2) is 9.85. The van der Waals surface area contributed by atoms with E-state index in [1.807, 2.05) is 27.8 Å². The minimum atomic E-state index is 0.00712. The highest BCUT2D eigenvalue weighted by atomic mass is 16.2. The van der Waals surface area contributed by atoms with Crippen molar-refractivity contribution in [3.8, 4) is 0 Å². The molecular formula is C20H27N5O2. The van der Waals surface area contributed by atoms with E-state index in [2.05, 4.69) is 9.97 Å². The van der Waals surface area contributed by atoms with Gasteiger partial charge in [-0.15, -0.1) is 0 Å². The maximum absolute atomic E-state index is 13.0. The van der Waals surface area contributed by atoms with Crippen molar-refractivity contribution < 1.29 is 9.59 Å². The van der Waals surface area contributed by atoms with E-state index in [1.165, 1.54) is 0 Å². The molecule has 2 amide bonds. The number of imidazole rings is 1. The number of aryl methyl sites for hydroxylation is 1. The number of hydrogen-bond donors (Lipinski definition) is 0. The van der Waals surface area contributed by atoms with Crippen LogP contribution in [-0.4, -0.2) is 55.8 Å². The Labute approximate surface area is 160 Å². The molecule has 2 aromatic rings. The van der Waals surface area contributed by atoms with Gasteiger partial charge in [0.1, 0.15) is 0 Å². The van der Waals surface area contributed by atoms with Crippen molar-refractivity contribution in [3.63, 3.8) is 0 Å². The van der Waals surface area contributed by atoms with Gasteiger partial charge in [0.2, 0.25) is 11.8 Å². The van der Waals surface area contributed by atoms with Crippen molar-refractivity contribution in [1.29, 1.82) is 0 Å². The Morgan fingerprint density at radius 1 is 1.11 bits per heavy atom. The van der Waals surface area contributed by atoms with Crippen LogP contribution in [0.1, 0.15) is 37.7 Å². The lowest BCUT2D eigenvalue weighted by Crippen LogP contribution is -2.43. The van der Waals surface area contributed by atoms with E-state index in [-0.39, 0.29) is 18.4 Å². The van der Waals surface area contributed by atoms with Gasteiger partial charge in [-0.2, -0.15) is 0 Å². The second-order valence-corrected chi connectivity index (χ2v) is 6.95. The van der Waals surface area contributed by atoms with Crippen molar-refractivity contribution in [3.05, 3.63) is 48.8 Å². The summed E-state index contributed by atoms with van der Waals surface area (Å²) < 4.78 is 2.01. The highest BCUT2D eigenvalue weighted by Crippen LogP contribution is 2.12. The van der Waals surface area contributed by atoms with Crippen molar-refractivity contribution in [1.82, 2.24) is 24.3 Å². The van der Waals surface area contributed by atoms with Gasteiger partial charge in [-0.1, -0.05) is 6.42 Å². The molecule has 0 spiro atoms. The molecule has 0 aliphatic carbocycles. The van der Waals surface area contributed by atoms with Crippen LogP contribution in [0.4, 0.5) is 0 Å². The monoisotopic (exact) mass is 369 g/mol. The first-order valence-corrected chi connectivity index (χ1v) is 9.62. The molecule has 2 aromatic heterocycles. The number of likely N-dealkylation sites (tertiary alicyclic amines) is 1. The third kappa shape index (κ3) is 5.91. The molecule has 0 atom stereocenters. The van der Waals surface area contributed by atoms with Gasteiger partial charge in [-0.05, 0) is 37.0 Å². The van der Waals surface area contributed by atoms with Gasteiger partial charge < -0.3 is 14.4 Å². The molecule has 7 nitrogen and oxygen atoms in total. The topological polar surface area (TPSA) is 71.3 Å². The Hall–Kier alpha value is -2.70. The normalized spacial score (nSPS) is 14.8.